The number of halogens is 2. The molecule has 0 saturated heterocycles. The summed E-state index contributed by atoms with van der Waals surface area (Å²) in [5.74, 6) is 2.17. The van der Waals surface area contributed by atoms with Gasteiger partial charge < -0.3 is 20.1 Å². The highest BCUT2D eigenvalue weighted by molar-refractivity contribution is 14.0. The summed E-state index contributed by atoms with van der Waals surface area (Å²) in [5.41, 5.74) is 3.28. The fourth-order valence-corrected chi connectivity index (χ4v) is 2.90. The molecule has 7 heteroatoms. The second kappa shape index (κ2) is 10.3. The number of rotatable bonds is 6. The quantitative estimate of drug-likeness (QED) is 0.374. The van der Waals surface area contributed by atoms with Gasteiger partial charge in [0.15, 0.2) is 17.5 Å². The third-order valence-electron chi connectivity index (χ3n) is 4.36. The van der Waals surface area contributed by atoms with Gasteiger partial charge in [-0.2, -0.15) is 0 Å². The number of nitrogens with one attached hydrogen (secondary N) is 2. The standard InChI is InChI=1S/C20H24FN3O2.HI/c1-14-11-17(21)5-4-16(14)8-10-24-20(22-2)23-9-7-15-3-6-18-19(12-15)26-13-25-18;/h3-6,11-12H,7-10,13H2,1-2H3,(H2,22,23,24);1H. The van der Waals surface area contributed by atoms with Crippen molar-refractivity contribution in [3.05, 3.63) is 58.9 Å². The first-order valence-electron chi connectivity index (χ1n) is 8.74. The Hall–Kier alpha value is -2.03. The monoisotopic (exact) mass is 485 g/mol. The highest BCUT2D eigenvalue weighted by atomic mass is 127. The predicted molar refractivity (Wildman–Crippen MR) is 116 cm³/mol. The SMILES string of the molecule is CN=C(NCCc1ccc2c(c1)OCO2)NCCc1ccc(F)cc1C.I. The van der Waals surface area contributed by atoms with Crippen molar-refractivity contribution in [2.24, 2.45) is 4.99 Å². The predicted octanol–water partition coefficient (Wildman–Crippen LogP) is 3.43. The van der Waals surface area contributed by atoms with Crippen LogP contribution in [0.5, 0.6) is 11.5 Å². The molecule has 0 aromatic heterocycles. The Bertz CT molecular complexity index is 799. The summed E-state index contributed by atoms with van der Waals surface area (Å²) in [4.78, 5) is 4.23. The van der Waals surface area contributed by atoms with Crippen molar-refractivity contribution in [1.29, 1.82) is 0 Å². The van der Waals surface area contributed by atoms with Crippen LogP contribution in [0, 0.1) is 12.7 Å². The number of aliphatic imine (C=N–C) groups is 1. The van der Waals surface area contributed by atoms with Crippen LogP contribution in [0.4, 0.5) is 4.39 Å². The van der Waals surface area contributed by atoms with Gasteiger partial charge in [-0.15, -0.1) is 24.0 Å². The molecule has 0 aliphatic carbocycles. The van der Waals surface area contributed by atoms with Crippen molar-refractivity contribution >= 4 is 29.9 Å². The molecular formula is C20H25FIN3O2. The number of ether oxygens (including phenoxy) is 2. The molecule has 5 nitrogen and oxygen atoms in total. The molecule has 146 valence electrons. The fraction of sp³-hybridized carbons (Fsp3) is 0.350. The zero-order valence-electron chi connectivity index (χ0n) is 15.5. The van der Waals surface area contributed by atoms with Crippen LogP contribution in [-0.4, -0.2) is 32.9 Å². The van der Waals surface area contributed by atoms with Gasteiger partial charge in [0.1, 0.15) is 5.82 Å². The van der Waals surface area contributed by atoms with E-state index in [-0.39, 0.29) is 29.8 Å². The van der Waals surface area contributed by atoms with E-state index in [1.54, 1.807) is 13.1 Å². The molecule has 0 saturated carbocycles. The zero-order chi connectivity index (χ0) is 18.4. The van der Waals surface area contributed by atoms with Gasteiger partial charge in [-0.3, -0.25) is 4.99 Å². The smallest absolute Gasteiger partial charge is 0.231 e. The maximum atomic E-state index is 13.1. The first kappa shape index (κ1) is 21.3. The Morgan fingerprint density at radius 3 is 2.52 bits per heavy atom. The normalized spacial score (nSPS) is 12.5. The lowest BCUT2D eigenvalue weighted by molar-refractivity contribution is 0.174. The Morgan fingerprint density at radius 1 is 1.04 bits per heavy atom. The van der Waals surface area contributed by atoms with Gasteiger partial charge in [0, 0.05) is 20.1 Å². The van der Waals surface area contributed by atoms with Gasteiger partial charge >= 0.3 is 0 Å². The Balaban J connectivity index is 0.00000261. The molecule has 0 radical (unpaired) electrons. The van der Waals surface area contributed by atoms with Crippen molar-refractivity contribution in [2.45, 2.75) is 19.8 Å². The van der Waals surface area contributed by atoms with Crippen LogP contribution in [0.15, 0.2) is 41.4 Å². The van der Waals surface area contributed by atoms with E-state index in [1.165, 1.54) is 11.6 Å². The van der Waals surface area contributed by atoms with Crippen LogP contribution in [-0.2, 0) is 12.8 Å². The second-order valence-electron chi connectivity index (χ2n) is 6.18. The summed E-state index contributed by atoms with van der Waals surface area (Å²) in [7, 11) is 1.75. The molecule has 0 bridgehead atoms. The molecule has 0 atom stereocenters. The first-order valence-corrected chi connectivity index (χ1v) is 8.74. The summed E-state index contributed by atoms with van der Waals surface area (Å²) in [6.07, 6.45) is 1.67. The van der Waals surface area contributed by atoms with E-state index < -0.39 is 0 Å². The van der Waals surface area contributed by atoms with Crippen molar-refractivity contribution < 1.29 is 13.9 Å². The molecule has 1 heterocycles. The molecular weight excluding hydrogens is 460 g/mol. The van der Waals surface area contributed by atoms with E-state index in [2.05, 4.69) is 15.6 Å². The maximum Gasteiger partial charge on any atom is 0.231 e. The lowest BCUT2D eigenvalue weighted by atomic mass is 10.1. The van der Waals surface area contributed by atoms with Crippen molar-refractivity contribution in [2.75, 3.05) is 26.9 Å². The third kappa shape index (κ3) is 5.98. The zero-order valence-corrected chi connectivity index (χ0v) is 17.9. The van der Waals surface area contributed by atoms with E-state index in [9.17, 15) is 4.39 Å². The minimum absolute atomic E-state index is 0. The lowest BCUT2D eigenvalue weighted by Crippen LogP contribution is -2.39. The van der Waals surface area contributed by atoms with Crippen molar-refractivity contribution in [1.82, 2.24) is 10.6 Å². The Kier molecular flexibility index (Phi) is 8.15. The van der Waals surface area contributed by atoms with Crippen LogP contribution in [0.1, 0.15) is 16.7 Å². The molecule has 0 unspecified atom stereocenters. The molecule has 2 aromatic carbocycles. The summed E-state index contributed by atoms with van der Waals surface area (Å²) in [5, 5.41) is 6.59. The van der Waals surface area contributed by atoms with Crippen LogP contribution in [0.25, 0.3) is 0 Å². The number of nitrogens with zero attached hydrogens (tertiary/aromatic N) is 1. The van der Waals surface area contributed by atoms with Crippen LogP contribution in [0.2, 0.25) is 0 Å². The van der Waals surface area contributed by atoms with E-state index in [0.29, 0.717) is 6.79 Å². The van der Waals surface area contributed by atoms with Crippen LogP contribution in [0.3, 0.4) is 0 Å². The Morgan fingerprint density at radius 2 is 1.78 bits per heavy atom. The van der Waals surface area contributed by atoms with E-state index >= 15 is 0 Å². The average molecular weight is 485 g/mol. The summed E-state index contributed by atoms with van der Waals surface area (Å²) in [6, 6.07) is 10.9. The highest BCUT2D eigenvalue weighted by Gasteiger charge is 2.12. The highest BCUT2D eigenvalue weighted by Crippen LogP contribution is 2.32. The fourth-order valence-electron chi connectivity index (χ4n) is 2.90. The summed E-state index contributed by atoms with van der Waals surface area (Å²) in [6.45, 7) is 3.71. The first-order chi connectivity index (χ1) is 12.7. The van der Waals surface area contributed by atoms with Gasteiger partial charge in [0.2, 0.25) is 6.79 Å². The molecule has 1 aliphatic rings. The van der Waals surface area contributed by atoms with Gasteiger partial charge in [-0.05, 0) is 60.7 Å². The number of guanidine groups is 1. The average Bonchev–Trinajstić information content (AvgIpc) is 3.10. The summed E-state index contributed by atoms with van der Waals surface area (Å²) < 4.78 is 23.9. The molecule has 27 heavy (non-hydrogen) atoms. The lowest BCUT2D eigenvalue weighted by Gasteiger charge is -2.13. The van der Waals surface area contributed by atoms with E-state index in [4.69, 9.17) is 9.47 Å². The number of benzene rings is 2. The van der Waals surface area contributed by atoms with Crippen LogP contribution >= 0.6 is 24.0 Å². The number of hydrogen-bond acceptors (Lipinski definition) is 3. The number of fused-ring (bicyclic) bond motifs is 1. The molecule has 3 rings (SSSR count). The molecule has 2 aromatic rings. The number of hydrogen-bond donors (Lipinski definition) is 2. The molecule has 0 fully saturated rings. The van der Waals surface area contributed by atoms with E-state index in [1.807, 2.05) is 31.2 Å². The van der Waals surface area contributed by atoms with Crippen LogP contribution < -0.4 is 20.1 Å². The molecule has 0 amide bonds. The van der Waals surface area contributed by atoms with E-state index in [0.717, 1.165) is 54.5 Å². The number of aryl methyl sites for hydroxylation is 1. The largest absolute Gasteiger partial charge is 0.454 e. The molecule has 2 N–H and O–H groups in total. The summed E-state index contributed by atoms with van der Waals surface area (Å²) >= 11 is 0. The topological polar surface area (TPSA) is 54.9 Å². The minimum atomic E-state index is -0.194. The van der Waals surface area contributed by atoms with Crippen molar-refractivity contribution in [3.63, 3.8) is 0 Å². The van der Waals surface area contributed by atoms with Gasteiger partial charge in [-0.25, -0.2) is 4.39 Å². The third-order valence-corrected chi connectivity index (χ3v) is 4.36. The van der Waals surface area contributed by atoms with Gasteiger partial charge in [-0.1, -0.05) is 12.1 Å². The van der Waals surface area contributed by atoms with Gasteiger partial charge in [0.05, 0.1) is 0 Å². The molecule has 1 aliphatic heterocycles. The van der Waals surface area contributed by atoms with Crippen molar-refractivity contribution in [3.8, 4) is 11.5 Å². The second-order valence-corrected chi connectivity index (χ2v) is 6.18. The Labute approximate surface area is 176 Å². The molecule has 0 spiro atoms. The minimum Gasteiger partial charge on any atom is -0.454 e. The maximum absolute atomic E-state index is 13.1. The van der Waals surface area contributed by atoms with Gasteiger partial charge in [0.25, 0.3) is 0 Å².